The first-order valence-corrected chi connectivity index (χ1v) is 8.64. The molecule has 1 heterocycles. The van der Waals surface area contributed by atoms with E-state index in [0.29, 0.717) is 12.1 Å². The molecule has 5 nitrogen and oxygen atoms in total. The van der Waals surface area contributed by atoms with E-state index in [1.165, 1.54) is 23.1 Å². The van der Waals surface area contributed by atoms with Gasteiger partial charge in [0.15, 0.2) is 0 Å². The molecule has 1 saturated heterocycles. The number of aryl methyl sites for hydroxylation is 1. The van der Waals surface area contributed by atoms with Gasteiger partial charge in [-0.05, 0) is 30.7 Å². The Hall–Kier alpha value is -1.02. The van der Waals surface area contributed by atoms with Crippen LogP contribution in [0.15, 0.2) is 23.1 Å². The van der Waals surface area contributed by atoms with Gasteiger partial charge in [0.1, 0.15) is 18.9 Å². The Morgan fingerprint density at radius 2 is 2.05 bits per heavy atom. The molecule has 0 saturated carbocycles. The summed E-state index contributed by atoms with van der Waals surface area (Å²) >= 11 is 0. The standard InChI is InChI=1S/C14H21FN2O3S/c1-12-11-13(3-4-14(12)15)21(18,19)16-5-2-6-17-7-9-20-10-8-17/h3-4,11,16H,2,5-10H2,1H3/p+1. The summed E-state index contributed by atoms with van der Waals surface area (Å²) in [5.74, 6) is -0.398. The predicted octanol–water partition coefficient (Wildman–Crippen LogP) is -0.282. The molecule has 1 aromatic rings. The third-order valence-corrected chi connectivity index (χ3v) is 5.10. The second kappa shape index (κ2) is 7.31. The van der Waals surface area contributed by atoms with Gasteiger partial charge in [0.05, 0.1) is 24.7 Å². The van der Waals surface area contributed by atoms with Gasteiger partial charge >= 0.3 is 0 Å². The molecule has 118 valence electrons. The molecular weight excluding hydrogens is 295 g/mol. The van der Waals surface area contributed by atoms with Gasteiger partial charge in [0, 0.05) is 13.0 Å². The number of hydrogen-bond acceptors (Lipinski definition) is 3. The highest BCUT2D eigenvalue weighted by Crippen LogP contribution is 2.13. The maximum Gasteiger partial charge on any atom is 0.240 e. The topological polar surface area (TPSA) is 59.8 Å². The van der Waals surface area contributed by atoms with Crippen molar-refractivity contribution in [3.05, 3.63) is 29.6 Å². The first kappa shape index (κ1) is 16.4. The van der Waals surface area contributed by atoms with Crippen molar-refractivity contribution in [3.63, 3.8) is 0 Å². The largest absolute Gasteiger partial charge is 0.370 e. The van der Waals surface area contributed by atoms with Crippen molar-refractivity contribution in [2.24, 2.45) is 0 Å². The zero-order valence-corrected chi connectivity index (χ0v) is 13.0. The molecule has 0 radical (unpaired) electrons. The quantitative estimate of drug-likeness (QED) is 0.710. The Labute approximate surface area is 125 Å². The number of nitrogens with one attached hydrogen (secondary N) is 2. The van der Waals surface area contributed by atoms with E-state index in [-0.39, 0.29) is 4.90 Å². The zero-order chi connectivity index (χ0) is 15.3. The fourth-order valence-electron chi connectivity index (χ4n) is 2.32. The summed E-state index contributed by atoms with van der Waals surface area (Å²) in [7, 11) is -3.55. The van der Waals surface area contributed by atoms with E-state index in [9.17, 15) is 12.8 Å². The lowest BCUT2D eigenvalue weighted by Crippen LogP contribution is -3.14. The second-order valence-corrected chi connectivity index (χ2v) is 7.04. The molecule has 1 aliphatic heterocycles. The van der Waals surface area contributed by atoms with Gasteiger partial charge in [0.2, 0.25) is 10.0 Å². The van der Waals surface area contributed by atoms with Crippen molar-refractivity contribution in [2.75, 3.05) is 39.4 Å². The number of quaternary nitrogens is 1. The fourth-order valence-corrected chi connectivity index (χ4v) is 3.48. The van der Waals surface area contributed by atoms with Crippen LogP contribution in [0.25, 0.3) is 0 Å². The molecule has 0 bridgehead atoms. The first-order chi connectivity index (χ1) is 9.99. The Bertz CT molecular complexity index is 572. The number of benzene rings is 1. The minimum atomic E-state index is -3.55. The van der Waals surface area contributed by atoms with Gasteiger partial charge in [-0.1, -0.05) is 0 Å². The number of ether oxygens (including phenoxy) is 1. The van der Waals surface area contributed by atoms with Gasteiger partial charge in [-0.25, -0.2) is 17.5 Å². The molecule has 2 N–H and O–H groups in total. The third kappa shape index (κ3) is 4.74. The van der Waals surface area contributed by atoms with E-state index in [1.54, 1.807) is 6.92 Å². The molecule has 0 unspecified atom stereocenters. The van der Waals surface area contributed by atoms with Crippen LogP contribution >= 0.6 is 0 Å². The van der Waals surface area contributed by atoms with Crippen molar-refractivity contribution in [2.45, 2.75) is 18.2 Å². The van der Waals surface area contributed by atoms with E-state index in [2.05, 4.69) is 4.72 Å². The highest BCUT2D eigenvalue weighted by molar-refractivity contribution is 7.89. The van der Waals surface area contributed by atoms with E-state index >= 15 is 0 Å². The highest BCUT2D eigenvalue weighted by Gasteiger charge is 2.16. The van der Waals surface area contributed by atoms with Crippen molar-refractivity contribution in [1.29, 1.82) is 0 Å². The molecule has 1 aromatic carbocycles. The van der Waals surface area contributed by atoms with Crippen LogP contribution < -0.4 is 9.62 Å². The molecule has 7 heteroatoms. The maximum absolute atomic E-state index is 13.2. The normalized spacial score (nSPS) is 17.0. The number of halogens is 1. The average Bonchev–Trinajstić information content (AvgIpc) is 2.47. The maximum atomic E-state index is 13.2. The SMILES string of the molecule is Cc1cc(S(=O)(=O)NCCC[NH+]2CCOCC2)ccc1F. The monoisotopic (exact) mass is 317 g/mol. The van der Waals surface area contributed by atoms with Crippen molar-refractivity contribution in [3.8, 4) is 0 Å². The molecular formula is C14H22FN2O3S+. The number of morpholine rings is 1. The predicted molar refractivity (Wildman–Crippen MR) is 77.3 cm³/mol. The molecule has 0 spiro atoms. The van der Waals surface area contributed by atoms with Crippen molar-refractivity contribution in [1.82, 2.24) is 4.72 Å². The summed E-state index contributed by atoms with van der Waals surface area (Å²) in [5, 5.41) is 0. The first-order valence-electron chi connectivity index (χ1n) is 7.16. The van der Waals surface area contributed by atoms with E-state index in [0.717, 1.165) is 39.3 Å². The zero-order valence-electron chi connectivity index (χ0n) is 12.2. The summed E-state index contributed by atoms with van der Waals surface area (Å²) in [4.78, 5) is 1.55. The molecule has 0 aromatic heterocycles. The Morgan fingerprint density at radius 3 is 2.71 bits per heavy atom. The van der Waals surface area contributed by atoms with Crippen molar-refractivity contribution >= 4 is 10.0 Å². The number of hydrogen-bond donors (Lipinski definition) is 2. The van der Waals surface area contributed by atoms with Crippen LogP contribution in [0.5, 0.6) is 0 Å². The molecule has 1 fully saturated rings. The lowest BCUT2D eigenvalue weighted by atomic mass is 10.2. The second-order valence-electron chi connectivity index (χ2n) is 5.27. The van der Waals surface area contributed by atoms with Crippen LogP contribution in [0.4, 0.5) is 4.39 Å². The van der Waals surface area contributed by atoms with E-state index < -0.39 is 15.8 Å². The number of rotatable bonds is 6. The van der Waals surface area contributed by atoms with Crippen LogP contribution in [0, 0.1) is 12.7 Å². The minimum Gasteiger partial charge on any atom is -0.370 e. The van der Waals surface area contributed by atoms with Crippen LogP contribution in [0.2, 0.25) is 0 Å². The average molecular weight is 317 g/mol. The Balaban J connectivity index is 1.82. The molecule has 0 amide bonds. The summed E-state index contributed by atoms with van der Waals surface area (Å²) in [6, 6.07) is 3.82. The Kier molecular flexibility index (Phi) is 5.69. The Morgan fingerprint density at radius 1 is 1.33 bits per heavy atom. The smallest absolute Gasteiger partial charge is 0.240 e. The van der Waals surface area contributed by atoms with E-state index in [4.69, 9.17) is 4.74 Å². The molecule has 2 rings (SSSR count). The van der Waals surface area contributed by atoms with E-state index in [1.807, 2.05) is 0 Å². The third-order valence-electron chi connectivity index (χ3n) is 3.64. The van der Waals surface area contributed by atoms with Crippen molar-refractivity contribution < 1.29 is 22.4 Å². The molecule has 21 heavy (non-hydrogen) atoms. The van der Waals surface area contributed by atoms with Crippen LogP contribution in [-0.4, -0.2) is 47.8 Å². The molecule has 0 aliphatic carbocycles. The lowest BCUT2D eigenvalue weighted by Gasteiger charge is -2.23. The summed E-state index contributed by atoms with van der Waals surface area (Å²) in [5.41, 5.74) is 0.329. The van der Waals surface area contributed by atoms with Gasteiger partial charge in [-0.3, -0.25) is 0 Å². The van der Waals surface area contributed by atoms with Crippen LogP contribution in [0.1, 0.15) is 12.0 Å². The fraction of sp³-hybridized carbons (Fsp3) is 0.571. The summed E-state index contributed by atoms with van der Waals surface area (Å²) in [6.45, 7) is 6.37. The summed E-state index contributed by atoms with van der Waals surface area (Å²) in [6.07, 6.45) is 0.773. The van der Waals surface area contributed by atoms with Crippen LogP contribution in [0.3, 0.4) is 0 Å². The number of sulfonamides is 1. The molecule has 0 atom stereocenters. The van der Waals surface area contributed by atoms with Gasteiger partial charge < -0.3 is 9.64 Å². The lowest BCUT2D eigenvalue weighted by molar-refractivity contribution is -0.908. The van der Waals surface area contributed by atoms with Crippen LogP contribution in [-0.2, 0) is 14.8 Å². The molecule has 1 aliphatic rings. The van der Waals surface area contributed by atoms with Gasteiger partial charge in [-0.2, -0.15) is 0 Å². The minimum absolute atomic E-state index is 0.111. The summed E-state index contributed by atoms with van der Waals surface area (Å²) < 4.78 is 45.2. The highest BCUT2D eigenvalue weighted by atomic mass is 32.2. The van der Waals surface area contributed by atoms with Gasteiger partial charge in [-0.15, -0.1) is 0 Å². The van der Waals surface area contributed by atoms with Gasteiger partial charge in [0.25, 0.3) is 0 Å².